The number of nitrogens with two attached hydrogens (primary N) is 2. The highest BCUT2D eigenvalue weighted by molar-refractivity contribution is 6.36. The Morgan fingerprint density at radius 3 is 2.58 bits per heavy atom. The summed E-state index contributed by atoms with van der Waals surface area (Å²) in [6.45, 7) is 0.376. The highest BCUT2D eigenvalue weighted by Gasteiger charge is 2.19. The molecule has 8 heteroatoms. The molecular formula is C18H14Cl2N4O2. The molecule has 0 saturated carbocycles. The van der Waals surface area contributed by atoms with Crippen LogP contribution in [0.5, 0.6) is 11.5 Å². The van der Waals surface area contributed by atoms with Crippen molar-refractivity contribution in [3.05, 3.63) is 52.0 Å². The van der Waals surface area contributed by atoms with Crippen LogP contribution in [0.15, 0.2) is 36.4 Å². The molecule has 0 fully saturated rings. The zero-order chi connectivity index (χ0) is 18.3. The van der Waals surface area contributed by atoms with E-state index >= 15 is 0 Å². The van der Waals surface area contributed by atoms with Crippen molar-refractivity contribution in [3.63, 3.8) is 0 Å². The van der Waals surface area contributed by atoms with Gasteiger partial charge in [0.25, 0.3) is 0 Å². The molecule has 0 unspecified atom stereocenters. The lowest BCUT2D eigenvalue weighted by atomic mass is 10.1. The minimum absolute atomic E-state index is 0.182. The Balaban J connectivity index is 1.89. The molecule has 6 nitrogen and oxygen atoms in total. The van der Waals surface area contributed by atoms with E-state index in [0.717, 1.165) is 5.56 Å². The second-order valence-corrected chi connectivity index (χ2v) is 6.50. The Labute approximate surface area is 159 Å². The van der Waals surface area contributed by atoms with Crippen molar-refractivity contribution in [2.75, 3.05) is 12.5 Å². The van der Waals surface area contributed by atoms with Crippen LogP contribution in [-0.2, 0) is 6.54 Å². The van der Waals surface area contributed by atoms with Crippen molar-refractivity contribution in [2.24, 2.45) is 5.73 Å². The predicted octanol–water partition coefficient (Wildman–Crippen LogP) is 3.89. The summed E-state index contributed by atoms with van der Waals surface area (Å²) >= 11 is 12.4. The van der Waals surface area contributed by atoms with Crippen molar-refractivity contribution in [2.45, 2.75) is 6.54 Å². The van der Waals surface area contributed by atoms with Crippen molar-refractivity contribution in [1.82, 2.24) is 9.97 Å². The largest absolute Gasteiger partial charge is 0.454 e. The molecule has 0 aliphatic carbocycles. The molecule has 4 N–H and O–H groups in total. The van der Waals surface area contributed by atoms with E-state index in [0.29, 0.717) is 50.0 Å². The van der Waals surface area contributed by atoms with Crippen molar-refractivity contribution >= 4 is 29.0 Å². The number of aromatic nitrogens is 2. The molecule has 3 aromatic rings. The number of hydrogen-bond acceptors (Lipinski definition) is 6. The monoisotopic (exact) mass is 388 g/mol. The smallest absolute Gasteiger partial charge is 0.231 e. The van der Waals surface area contributed by atoms with E-state index in [-0.39, 0.29) is 13.3 Å². The first-order valence-electron chi connectivity index (χ1n) is 7.78. The first-order chi connectivity index (χ1) is 12.6. The van der Waals surface area contributed by atoms with E-state index < -0.39 is 0 Å². The lowest BCUT2D eigenvalue weighted by Gasteiger charge is -2.13. The number of ether oxygens (including phenoxy) is 2. The summed E-state index contributed by atoms with van der Waals surface area (Å²) < 4.78 is 10.8. The van der Waals surface area contributed by atoms with Crippen molar-refractivity contribution in [3.8, 4) is 34.1 Å². The zero-order valence-electron chi connectivity index (χ0n) is 13.5. The standard InChI is InChI=1S/C18H14Cl2N4O2/c19-10-2-3-11(13(20)6-10)16-12(7-21)17(22)24-18(23-16)9-1-4-14-15(5-9)26-8-25-14/h1-6H,7-8,21H2,(H2,22,23,24). The minimum Gasteiger partial charge on any atom is -0.454 e. The number of benzene rings is 2. The highest BCUT2D eigenvalue weighted by atomic mass is 35.5. The molecule has 0 radical (unpaired) electrons. The summed E-state index contributed by atoms with van der Waals surface area (Å²) in [5, 5.41) is 0.994. The van der Waals surface area contributed by atoms with E-state index in [4.69, 9.17) is 44.1 Å². The summed E-state index contributed by atoms with van der Waals surface area (Å²) in [4.78, 5) is 9.06. The molecule has 0 saturated heterocycles. The number of fused-ring (bicyclic) bond motifs is 1. The molecule has 0 amide bonds. The maximum Gasteiger partial charge on any atom is 0.231 e. The number of nitrogens with zero attached hydrogens (tertiary/aromatic N) is 2. The second-order valence-electron chi connectivity index (χ2n) is 5.66. The summed E-state index contributed by atoms with van der Waals surface area (Å²) in [7, 11) is 0. The first kappa shape index (κ1) is 16.9. The molecule has 4 rings (SSSR count). The molecular weight excluding hydrogens is 375 g/mol. The third-order valence-electron chi connectivity index (χ3n) is 4.06. The molecule has 0 bridgehead atoms. The molecule has 0 atom stereocenters. The third kappa shape index (κ3) is 2.92. The van der Waals surface area contributed by atoms with Gasteiger partial charge in [-0.15, -0.1) is 0 Å². The maximum absolute atomic E-state index is 6.36. The molecule has 26 heavy (non-hydrogen) atoms. The topological polar surface area (TPSA) is 96.3 Å². The van der Waals surface area contributed by atoms with Gasteiger partial charge in [0.2, 0.25) is 6.79 Å². The molecule has 1 aliphatic heterocycles. The van der Waals surface area contributed by atoms with E-state index in [9.17, 15) is 0 Å². The molecule has 2 aromatic carbocycles. The summed E-state index contributed by atoms with van der Waals surface area (Å²) in [6, 6.07) is 10.6. The number of rotatable bonds is 3. The SMILES string of the molecule is NCc1c(N)nc(-c2ccc3c(c2)OCO3)nc1-c1ccc(Cl)cc1Cl. The Bertz CT molecular complexity index is 1010. The van der Waals surface area contributed by atoms with Gasteiger partial charge in [-0.2, -0.15) is 0 Å². The van der Waals surface area contributed by atoms with Crippen LogP contribution in [0.4, 0.5) is 5.82 Å². The van der Waals surface area contributed by atoms with E-state index in [1.807, 2.05) is 18.2 Å². The van der Waals surface area contributed by atoms with Crippen LogP contribution >= 0.6 is 23.2 Å². The summed E-state index contributed by atoms with van der Waals surface area (Å²) in [6.07, 6.45) is 0. The highest BCUT2D eigenvalue weighted by Crippen LogP contribution is 2.37. The Morgan fingerprint density at radius 1 is 1.00 bits per heavy atom. The van der Waals surface area contributed by atoms with Gasteiger partial charge in [0.05, 0.1) is 10.7 Å². The fourth-order valence-electron chi connectivity index (χ4n) is 2.77. The van der Waals surface area contributed by atoms with Gasteiger partial charge in [-0.3, -0.25) is 0 Å². The van der Waals surface area contributed by atoms with Crippen LogP contribution in [0.1, 0.15) is 5.56 Å². The number of halogens is 2. The van der Waals surface area contributed by atoms with E-state index in [2.05, 4.69) is 9.97 Å². The van der Waals surface area contributed by atoms with Gasteiger partial charge in [0.15, 0.2) is 17.3 Å². The normalized spacial score (nSPS) is 12.4. The zero-order valence-corrected chi connectivity index (χ0v) is 15.0. The number of nitrogen functional groups attached to an aromatic ring is 1. The first-order valence-corrected chi connectivity index (χ1v) is 8.54. The van der Waals surface area contributed by atoms with Crippen molar-refractivity contribution < 1.29 is 9.47 Å². The quantitative estimate of drug-likeness (QED) is 0.706. The van der Waals surface area contributed by atoms with Crippen LogP contribution in [0, 0.1) is 0 Å². The van der Waals surface area contributed by atoms with Gasteiger partial charge >= 0.3 is 0 Å². The molecule has 1 aliphatic rings. The van der Waals surface area contributed by atoms with Gasteiger partial charge in [-0.25, -0.2) is 9.97 Å². The van der Waals surface area contributed by atoms with Crippen molar-refractivity contribution in [1.29, 1.82) is 0 Å². The van der Waals surface area contributed by atoms with Crippen LogP contribution in [0.3, 0.4) is 0 Å². The van der Waals surface area contributed by atoms with Gasteiger partial charge < -0.3 is 20.9 Å². The minimum atomic E-state index is 0.182. The van der Waals surface area contributed by atoms with Crippen LogP contribution in [0.2, 0.25) is 10.0 Å². The van der Waals surface area contributed by atoms with Crippen LogP contribution in [0.25, 0.3) is 22.6 Å². The van der Waals surface area contributed by atoms with Crippen LogP contribution < -0.4 is 20.9 Å². The molecule has 1 aromatic heterocycles. The Hall–Kier alpha value is -2.54. The van der Waals surface area contributed by atoms with Gasteiger partial charge in [-0.1, -0.05) is 23.2 Å². The maximum atomic E-state index is 6.36. The number of anilines is 1. The summed E-state index contributed by atoms with van der Waals surface area (Å²) in [5.41, 5.74) is 14.6. The Morgan fingerprint density at radius 2 is 1.81 bits per heavy atom. The molecule has 132 valence electrons. The average Bonchev–Trinajstić information content (AvgIpc) is 3.09. The van der Waals surface area contributed by atoms with Crippen LogP contribution in [-0.4, -0.2) is 16.8 Å². The molecule has 0 spiro atoms. The van der Waals surface area contributed by atoms with E-state index in [1.165, 1.54) is 0 Å². The van der Waals surface area contributed by atoms with E-state index in [1.54, 1.807) is 18.2 Å². The predicted molar refractivity (Wildman–Crippen MR) is 101 cm³/mol. The Kier molecular flexibility index (Phi) is 4.32. The fraction of sp³-hybridized carbons (Fsp3) is 0.111. The van der Waals surface area contributed by atoms with Gasteiger partial charge in [0.1, 0.15) is 5.82 Å². The second kappa shape index (κ2) is 6.64. The lowest BCUT2D eigenvalue weighted by Crippen LogP contribution is -2.09. The fourth-order valence-corrected chi connectivity index (χ4v) is 3.27. The number of hydrogen-bond donors (Lipinski definition) is 2. The lowest BCUT2D eigenvalue weighted by molar-refractivity contribution is 0.174. The third-order valence-corrected chi connectivity index (χ3v) is 4.61. The van der Waals surface area contributed by atoms with Gasteiger partial charge in [0, 0.05) is 28.3 Å². The average molecular weight is 389 g/mol. The van der Waals surface area contributed by atoms with Gasteiger partial charge in [-0.05, 0) is 36.4 Å². The summed E-state index contributed by atoms with van der Waals surface area (Å²) in [5.74, 6) is 2.06. The molecule has 2 heterocycles.